The van der Waals surface area contributed by atoms with E-state index in [0.717, 1.165) is 36.1 Å². The quantitative estimate of drug-likeness (QED) is 0.752. The minimum atomic E-state index is -0.326. The van der Waals surface area contributed by atoms with Crippen molar-refractivity contribution in [2.45, 2.75) is 40.0 Å². The van der Waals surface area contributed by atoms with Gasteiger partial charge < -0.3 is 10.6 Å². The lowest BCUT2D eigenvalue weighted by Crippen LogP contribution is -2.25. The summed E-state index contributed by atoms with van der Waals surface area (Å²) in [5.41, 5.74) is 3.53. The Morgan fingerprint density at radius 1 is 1.04 bits per heavy atom. The van der Waals surface area contributed by atoms with E-state index in [-0.39, 0.29) is 17.5 Å². The van der Waals surface area contributed by atoms with Crippen molar-refractivity contribution < 1.29 is 9.59 Å². The van der Waals surface area contributed by atoms with Crippen molar-refractivity contribution in [3.63, 3.8) is 0 Å². The van der Waals surface area contributed by atoms with E-state index in [1.165, 1.54) is 12.3 Å². The maximum atomic E-state index is 12.4. The van der Waals surface area contributed by atoms with Crippen LogP contribution >= 0.6 is 0 Å². The highest BCUT2D eigenvalue weighted by Crippen LogP contribution is 2.17. The first-order valence-electron chi connectivity index (χ1n) is 8.64. The maximum absolute atomic E-state index is 12.4. The lowest BCUT2D eigenvalue weighted by molar-refractivity contribution is 0.0953. The molecule has 1 heterocycles. The minimum absolute atomic E-state index is 0.181. The van der Waals surface area contributed by atoms with Crippen LogP contribution in [0.5, 0.6) is 0 Å². The fraction of sp³-hybridized carbons (Fsp3) is 0.350. The lowest BCUT2D eigenvalue weighted by atomic mass is 10.1. The third-order valence-electron chi connectivity index (χ3n) is 3.95. The van der Waals surface area contributed by atoms with E-state index in [9.17, 15) is 9.59 Å². The molecule has 0 saturated carbocycles. The second kappa shape index (κ2) is 8.97. The van der Waals surface area contributed by atoms with Crippen molar-refractivity contribution in [2.24, 2.45) is 0 Å². The van der Waals surface area contributed by atoms with Crippen LogP contribution in [0.25, 0.3) is 0 Å². The maximum Gasteiger partial charge on any atom is 0.274 e. The summed E-state index contributed by atoms with van der Waals surface area (Å²) in [6, 6.07) is 8.95. The largest absolute Gasteiger partial charge is 0.352 e. The van der Waals surface area contributed by atoms with E-state index in [4.69, 9.17) is 0 Å². The Bertz CT molecular complexity index is 756. The van der Waals surface area contributed by atoms with Crippen molar-refractivity contribution in [1.29, 1.82) is 0 Å². The normalized spacial score (nSPS) is 10.4. The number of nitrogens with zero attached hydrogens (tertiary/aromatic N) is 1. The van der Waals surface area contributed by atoms with Crippen molar-refractivity contribution in [2.75, 3.05) is 11.9 Å². The molecule has 0 saturated heterocycles. The van der Waals surface area contributed by atoms with Gasteiger partial charge in [-0.05, 0) is 44.0 Å². The molecule has 2 rings (SSSR count). The van der Waals surface area contributed by atoms with Gasteiger partial charge in [-0.3, -0.25) is 14.6 Å². The van der Waals surface area contributed by atoms with Crippen LogP contribution in [0.15, 0.2) is 36.5 Å². The summed E-state index contributed by atoms with van der Waals surface area (Å²) in [7, 11) is 0. The number of aryl methyl sites for hydroxylation is 2. The van der Waals surface area contributed by atoms with Crippen LogP contribution in [0.2, 0.25) is 0 Å². The molecule has 0 unspecified atom stereocenters. The Hall–Kier alpha value is -2.69. The second-order valence-corrected chi connectivity index (χ2v) is 6.17. The first-order valence-corrected chi connectivity index (χ1v) is 8.64. The van der Waals surface area contributed by atoms with Crippen LogP contribution < -0.4 is 10.6 Å². The van der Waals surface area contributed by atoms with Gasteiger partial charge in [-0.1, -0.05) is 37.5 Å². The highest BCUT2D eigenvalue weighted by Gasteiger charge is 2.12. The molecule has 0 fully saturated rings. The predicted octanol–water partition coefficient (Wildman–Crippen LogP) is 3.87. The Morgan fingerprint density at radius 2 is 1.84 bits per heavy atom. The molecule has 25 heavy (non-hydrogen) atoms. The van der Waals surface area contributed by atoms with E-state index in [1.54, 1.807) is 6.07 Å². The number of benzene rings is 1. The summed E-state index contributed by atoms with van der Waals surface area (Å²) >= 11 is 0. The fourth-order valence-corrected chi connectivity index (χ4v) is 2.52. The van der Waals surface area contributed by atoms with Crippen molar-refractivity contribution in [3.05, 3.63) is 58.9 Å². The summed E-state index contributed by atoms with van der Waals surface area (Å²) in [6.45, 7) is 6.70. The van der Waals surface area contributed by atoms with Gasteiger partial charge in [0.1, 0.15) is 5.69 Å². The van der Waals surface area contributed by atoms with Crippen LogP contribution in [-0.2, 0) is 0 Å². The van der Waals surface area contributed by atoms with Gasteiger partial charge in [0.25, 0.3) is 11.8 Å². The monoisotopic (exact) mass is 339 g/mol. The molecular formula is C20H25N3O2. The minimum Gasteiger partial charge on any atom is -0.352 e. The van der Waals surface area contributed by atoms with Gasteiger partial charge in [-0.25, -0.2) is 0 Å². The molecule has 0 aliphatic carbocycles. The number of pyridine rings is 1. The first kappa shape index (κ1) is 18.6. The fourth-order valence-electron chi connectivity index (χ4n) is 2.52. The molecule has 2 amide bonds. The van der Waals surface area contributed by atoms with Crippen LogP contribution in [0.3, 0.4) is 0 Å². The summed E-state index contributed by atoms with van der Waals surface area (Å²) in [5, 5.41) is 5.71. The van der Waals surface area contributed by atoms with Gasteiger partial charge in [0.05, 0.1) is 0 Å². The molecule has 0 spiro atoms. The van der Waals surface area contributed by atoms with Crippen LogP contribution in [-0.4, -0.2) is 23.3 Å². The first-order chi connectivity index (χ1) is 12.0. The zero-order valence-electron chi connectivity index (χ0n) is 15.1. The molecule has 0 bridgehead atoms. The van der Waals surface area contributed by atoms with Crippen molar-refractivity contribution in [1.82, 2.24) is 10.3 Å². The predicted molar refractivity (Wildman–Crippen MR) is 100.0 cm³/mol. The highest BCUT2D eigenvalue weighted by atomic mass is 16.2. The summed E-state index contributed by atoms with van der Waals surface area (Å²) in [6.07, 6.45) is 4.62. The van der Waals surface area contributed by atoms with E-state index in [1.807, 2.05) is 32.0 Å². The van der Waals surface area contributed by atoms with Gasteiger partial charge in [-0.15, -0.1) is 0 Å². The number of nitrogens with one attached hydrogen (secondary N) is 2. The molecule has 2 N–H and O–H groups in total. The molecular weight excluding hydrogens is 314 g/mol. The number of carbonyl (C=O) groups is 2. The highest BCUT2D eigenvalue weighted by molar-refractivity contribution is 6.05. The number of amides is 2. The third kappa shape index (κ3) is 5.41. The third-order valence-corrected chi connectivity index (χ3v) is 3.95. The molecule has 5 nitrogen and oxygen atoms in total. The van der Waals surface area contributed by atoms with Gasteiger partial charge in [-0.2, -0.15) is 0 Å². The lowest BCUT2D eigenvalue weighted by Gasteiger charge is -2.10. The van der Waals surface area contributed by atoms with E-state index >= 15 is 0 Å². The number of rotatable bonds is 7. The number of hydrogen-bond donors (Lipinski definition) is 2. The van der Waals surface area contributed by atoms with Crippen molar-refractivity contribution >= 4 is 17.5 Å². The van der Waals surface area contributed by atoms with E-state index in [0.29, 0.717) is 12.1 Å². The van der Waals surface area contributed by atoms with Gasteiger partial charge in [0, 0.05) is 24.0 Å². The Morgan fingerprint density at radius 3 is 2.56 bits per heavy atom. The number of hydrogen-bond acceptors (Lipinski definition) is 3. The topological polar surface area (TPSA) is 71.1 Å². The number of unbranched alkanes of at least 4 members (excludes halogenated alkanes) is 2. The smallest absolute Gasteiger partial charge is 0.274 e. The van der Waals surface area contributed by atoms with Crippen LogP contribution in [0.1, 0.15) is 58.2 Å². The zero-order chi connectivity index (χ0) is 18.2. The number of anilines is 1. The number of aromatic nitrogens is 1. The Balaban J connectivity index is 2.04. The molecule has 132 valence electrons. The molecule has 0 aliphatic rings. The molecule has 0 aliphatic heterocycles. The SMILES string of the molecule is CCCCCNC(=O)c1ccnc(C(=O)Nc2ccc(C)cc2C)c1. The van der Waals surface area contributed by atoms with Gasteiger partial charge in [0.2, 0.25) is 0 Å². The molecule has 0 atom stereocenters. The zero-order valence-corrected chi connectivity index (χ0v) is 15.1. The summed E-state index contributed by atoms with van der Waals surface area (Å²) < 4.78 is 0. The summed E-state index contributed by atoms with van der Waals surface area (Å²) in [5.74, 6) is -0.508. The average Bonchev–Trinajstić information content (AvgIpc) is 2.61. The van der Waals surface area contributed by atoms with Crippen LogP contribution in [0, 0.1) is 13.8 Å². The van der Waals surface area contributed by atoms with Gasteiger partial charge in [0.15, 0.2) is 0 Å². The Kier molecular flexibility index (Phi) is 6.69. The van der Waals surface area contributed by atoms with Crippen molar-refractivity contribution in [3.8, 4) is 0 Å². The second-order valence-electron chi connectivity index (χ2n) is 6.17. The molecule has 1 aromatic carbocycles. The standard InChI is InChI=1S/C20H25N3O2/c1-4-5-6-10-22-19(24)16-9-11-21-18(13-16)20(25)23-17-8-7-14(2)12-15(17)3/h7-9,11-13H,4-6,10H2,1-3H3,(H,22,24)(H,23,25). The summed E-state index contributed by atoms with van der Waals surface area (Å²) in [4.78, 5) is 28.7. The number of carbonyl (C=O) groups excluding carboxylic acids is 2. The Labute approximate surface area is 148 Å². The van der Waals surface area contributed by atoms with E-state index < -0.39 is 0 Å². The molecule has 0 radical (unpaired) electrons. The average molecular weight is 339 g/mol. The molecule has 2 aromatic rings. The van der Waals surface area contributed by atoms with Gasteiger partial charge >= 0.3 is 0 Å². The van der Waals surface area contributed by atoms with Crippen LogP contribution in [0.4, 0.5) is 5.69 Å². The molecule has 5 heteroatoms. The molecule has 1 aromatic heterocycles. The van der Waals surface area contributed by atoms with E-state index in [2.05, 4.69) is 22.5 Å².